The molecule has 4 heteroatoms. The molecule has 2 aromatic rings. The van der Waals surface area contributed by atoms with Crippen LogP contribution in [0.2, 0.25) is 0 Å². The van der Waals surface area contributed by atoms with Gasteiger partial charge in [-0.15, -0.1) is 0 Å². The Kier molecular flexibility index (Phi) is 4.32. The minimum absolute atomic E-state index is 0.0718. The Hall–Kier alpha value is -1.65. The molecule has 0 aliphatic carbocycles. The van der Waals surface area contributed by atoms with Crippen molar-refractivity contribution in [2.75, 3.05) is 6.54 Å². The Labute approximate surface area is 132 Å². The zero-order chi connectivity index (χ0) is 15.6. The first-order valence-corrected chi connectivity index (χ1v) is 9.21. The van der Waals surface area contributed by atoms with Crippen molar-refractivity contribution in [3.63, 3.8) is 0 Å². The van der Waals surface area contributed by atoms with Crippen LogP contribution in [-0.2, 0) is 10.0 Å². The molecule has 3 rings (SSSR count). The number of sulfonamides is 1. The number of hydrogen-bond acceptors (Lipinski definition) is 2. The van der Waals surface area contributed by atoms with Crippen molar-refractivity contribution in [2.45, 2.75) is 37.1 Å². The predicted octanol–water partition coefficient (Wildman–Crippen LogP) is 3.92. The van der Waals surface area contributed by atoms with Crippen LogP contribution < -0.4 is 0 Å². The monoisotopic (exact) mass is 315 g/mol. The van der Waals surface area contributed by atoms with Crippen LogP contribution in [0.15, 0.2) is 59.5 Å². The summed E-state index contributed by atoms with van der Waals surface area (Å²) in [5.41, 5.74) is 1.72. The minimum Gasteiger partial charge on any atom is -0.207 e. The first-order chi connectivity index (χ1) is 10.6. The Morgan fingerprint density at radius 3 is 2.36 bits per heavy atom. The quantitative estimate of drug-likeness (QED) is 0.861. The van der Waals surface area contributed by atoms with Crippen molar-refractivity contribution in [3.8, 4) is 11.1 Å². The molecule has 2 aromatic carbocycles. The van der Waals surface area contributed by atoms with Gasteiger partial charge >= 0.3 is 0 Å². The van der Waals surface area contributed by atoms with E-state index in [1.54, 1.807) is 16.4 Å². The lowest BCUT2D eigenvalue weighted by atomic mass is 10.1. The van der Waals surface area contributed by atoms with Crippen molar-refractivity contribution in [1.29, 1.82) is 0 Å². The van der Waals surface area contributed by atoms with E-state index >= 15 is 0 Å². The van der Waals surface area contributed by atoms with E-state index in [1.165, 1.54) is 0 Å². The van der Waals surface area contributed by atoms with Gasteiger partial charge in [-0.2, -0.15) is 4.31 Å². The molecule has 1 fully saturated rings. The van der Waals surface area contributed by atoms with Gasteiger partial charge in [0.2, 0.25) is 10.0 Å². The highest BCUT2D eigenvalue weighted by molar-refractivity contribution is 7.89. The van der Waals surface area contributed by atoms with E-state index in [4.69, 9.17) is 0 Å². The van der Waals surface area contributed by atoms with Crippen molar-refractivity contribution in [3.05, 3.63) is 54.6 Å². The van der Waals surface area contributed by atoms with E-state index in [-0.39, 0.29) is 6.04 Å². The Bertz CT molecular complexity index is 741. The number of benzene rings is 2. The van der Waals surface area contributed by atoms with Crippen LogP contribution >= 0.6 is 0 Å². The number of piperidine rings is 1. The van der Waals surface area contributed by atoms with Gasteiger partial charge in [-0.1, -0.05) is 55.0 Å². The molecule has 0 N–H and O–H groups in total. The maximum absolute atomic E-state index is 13.1. The lowest BCUT2D eigenvalue weighted by Crippen LogP contribution is -2.42. The minimum atomic E-state index is -3.46. The van der Waals surface area contributed by atoms with Gasteiger partial charge in [0.15, 0.2) is 0 Å². The second-order valence-corrected chi connectivity index (χ2v) is 7.68. The maximum Gasteiger partial charge on any atom is 0.243 e. The van der Waals surface area contributed by atoms with E-state index in [0.29, 0.717) is 11.4 Å². The summed E-state index contributed by atoms with van der Waals surface area (Å²) in [4.78, 5) is 0.412. The molecule has 0 saturated carbocycles. The highest BCUT2D eigenvalue weighted by Gasteiger charge is 2.32. The second kappa shape index (κ2) is 6.23. The third-order valence-electron chi connectivity index (χ3n) is 4.30. The first-order valence-electron chi connectivity index (χ1n) is 7.77. The molecule has 116 valence electrons. The largest absolute Gasteiger partial charge is 0.243 e. The first kappa shape index (κ1) is 15.3. The molecule has 0 amide bonds. The van der Waals surface area contributed by atoms with Gasteiger partial charge in [-0.3, -0.25) is 0 Å². The summed E-state index contributed by atoms with van der Waals surface area (Å²) in [6, 6.07) is 17.1. The molecule has 0 unspecified atom stereocenters. The molecular formula is C18H21NO2S. The molecule has 1 aliphatic rings. The summed E-state index contributed by atoms with van der Waals surface area (Å²) in [7, 11) is -3.46. The van der Waals surface area contributed by atoms with Gasteiger partial charge in [-0.25, -0.2) is 8.42 Å². The number of hydrogen-bond donors (Lipinski definition) is 0. The van der Waals surface area contributed by atoms with Crippen molar-refractivity contribution in [2.24, 2.45) is 0 Å². The zero-order valence-corrected chi connectivity index (χ0v) is 13.6. The molecule has 1 atom stereocenters. The highest BCUT2D eigenvalue weighted by Crippen LogP contribution is 2.32. The van der Waals surface area contributed by atoms with Gasteiger partial charge < -0.3 is 0 Å². The lowest BCUT2D eigenvalue weighted by molar-refractivity contribution is 0.269. The molecule has 0 bridgehead atoms. The SMILES string of the molecule is C[C@@H]1CCCCN1S(=O)(=O)c1ccccc1-c1ccccc1. The van der Waals surface area contributed by atoms with Crippen LogP contribution in [0.5, 0.6) is 0 Å². The summed E-state index contributed by atoms with van der Waals surface area (Å²) in [5, 5.41) is 0. The molecule has 1 aliphatic heterocycles. The number of rotatable bonds is 3. The second-order valence-electron chi connectivity index (χ2n) is 5.82. The summed E-state index contributed by atoms with van der Waals surface area (Å²) < 4.78 is 27.9. The maximum atomic E-state index is 13.1. The molecule has 22 heavy (non-hydrogen) atoms. The average Bonchev–Trinajstić information content (AvgIpc) is 2.56. The standard InChI is InChI=1S/C18H21NO2S/c1-15-9-7-8-14-19(15)22(20,21)18-13-6-5-12-17(18)16-10-3-2-4-11-16/h2-6,10-13,15H,7-9,14H2,1H3/t15-/m1/s1. The van der Waals surface area contributed by atoms with Crippen LogP contribution in [0.4, 0.5) is 0 Å². The number of nitrogens with zero attached hydrogens (tertiary/aromatic N) is 1. The van der Waals surface area contributed by atoms with Crippen LogP contribution in [0.25, 0.3) is 11.1 Å². The van der Waals surface area contributed by atoms with Crippen LogP contribution in [-0.4, -0.2) is 25.3 Å². The van der Waals surface area contributed by atoms with Crippen LogP contribution in [0.3, 0.4) is 0 Å². The fourth-order valence-electron chi connectivity index (χ4n) is 3.10. The van der Waals surface area contributed by atoms with E-state index in [9.17, 15) is 8.42 Å². The lowest BCUT2D eigenvalue weighted by Gasteiger charge is -2.32. The smallest absolute Gasteiger partial charge is 0.207 e. The van der Waals surface area contributed by atoms with Crippen molar-refractivity contribution >= 4 is 10.0 Å². The summed E-state index contributed by atoms with van der Waals surface area (Å²) in [6.07, 6.45) is 2.98. The molecule has 0 radical (unpaired) electrons. The van der Waals surface area contributed by atoms with Crippen LogP contribution in [0, 0.1) is 0 Å². The fourth-order valence-corrected chi connectivity index (χ4v) is 5.02. The van der Waals surface area contributed by atoms with Gasteiger partial charge in [0.25, 0.3) is 0 Å². The van der Waals surface area contributed by atoms with Gasteiger partial charge in [0.1, 0.15) is 0 Å². The summed E-state index contributed by atoms with van der Waals surface area (Å²) in [5.74, 6) is 0. The summed E-state index contributed by atoms with van der Waals surface area (Å²) in [6.45, 7) is 2.62. The fraction of sp³-hybridized carbons (Fsp3) is 0.333. The van der Waals surface area contributed by atoms with E-state index < -0.39 is 10.0 Å². The molecule has 1 saturated heterocycles. The van der Waals surface area contributed by atoms with Gasteiger partial charge in [0.05, 0.1) is 4.90 Å². The van der Waals surface area contributed by atoms with E-state index in [2.05, 4.69) is 0 Å². The van der Waals surface area contributed by atoms with Gasteiger partial charge in [-0.05, 0) is 31.4 Å². The third kappa shape index (κ3) is 2.81. The predicted molar refractivity (Wildman–Crippen MR) is 89.1 cm³/mol. The Morgan fingerprint density at radius 1 is 0.955 bits per heavy atom. The average molecular weight is 315 g/mol. The van der Waals surface area contributed by atoms with Crippen molar-refractivity contribution in [1.82, 2.24) is 4.31 Å². The molecule has 0 aromatic heterocycles. The molecule has 3 nitrogen and oxygen atoms in total. The van der Waals surface area contributed by atoms with E-state index in [0.717, 1.165) is 30.4 Å². The summed E-state index contributed by atoms with van der Waals surface area (Å²) >= 11 is 0. The molecular weight excluding hydrogens is 294 g/mol. The highest BCUT2D eigenvalue weighted by atomic mass is 32.2. The van der Waals surface area contributed by atoms with Crippen LogP contribution in [0.1, 0.15) is 26.2 Å². The van der Waals surface area contributed by atoms with E-state index in [1.807, 2.05) is 49.4 Å². The topological polar surface area (TPSA) is 37.4 Å². The zero-order valence-electron chi connectivity index (χ0n) is 12.8. The molecule has 0 spiro atoms. The third-order valence-corrected chi connectivity index (χ3v) is 6.37. The molecule has 1 heterocycles. The normalized spacial score (nSPS) is 20.0. The van der Waals surface area contributed by atoms with Gasteiger partial charge in [0, 0.05) is 18.2 Å². The Balaban J connectivity index is 2.08. The van der Waals surface area contributed by atoms with Crippen molar-refractivity contribution < 1.29 is 8.42 Å². The Morgan fingerprint density at radius 2 is 1.64 bits per heavy atom.